The van der Waals surface area contributed by atoms with Crippen molar-refractivity contribution in [1.29, 1.82) is 0 Å². The average Bonchev–Trinajstić information content (AvgIpc) is 2.90. The number of nitrogens with zero attached hydrogens (tertiary/aromatic N) is 2. The van der Waals surface area contributed by atoms with Crippen molar-refractivity contribution in [3.63, 3.8) is 0 Å². The van der Waals surface area contributed by atoms with Gasteiger partial charge >= 0.3 is 0 Å². The molecule has 106 valence electrons. The fourth-order valence-corrected chi connectivity index (χ4v) is 3.90. The minimum atomic E-state index is -0.0721. The third-order valence-corrected chi connectivity index (χ3v) is 6.02. The summed E-state index contributed by atoms with van der Waals surface area (Å²) in [7, 11) is 0. The van der Waals surface area contributed by atoms with E-state index in [1.165, 1.54) is 30.4 Å². The summed E-state index contributed by atoms with van der Waals surface area (Å²) in [6.45, 7) is 3.39. The molecular weight excluding hydrogens is 326 g/mol. The second-order valence-electron chi connectivity index (χ2n) is 4.94. The molecule has 0 radical (unpaired) electrons. The molecular formula is C13H20BrN3OS. The van der Waals surface area contributed by atoms with Crippen LogP contribution in [0.2, 0.25) is 0 Å². The molecule has 0 atom stereocenters. The van der Waals surface area contributed by atoms with Crippen LogP contribution in [0.5, 0.6) is 0 Å². The number of anilines is 1. The number of hydrogen-bond acceptors (Lipinski definition) is 4. The summed E-state index contributed by atoms with van der Waals surface area (Å²) >= 11 is 5.31. The van der Waals surface area contributed by atoms with E-state index in [1.54, 1.807) is 6.20 Å². The summed E-state index contributed by atoms with van der Waals surface area (Å²) in [5, 5.41) is 7.55. The highest BCUT2D eigenvalue weighted by Gasteiger charge is 2.32. The predicted octanol–water partition coefficient (Wildman–Crippen LogP) is 3.11. The van der Waals surface area contributed by atoms with E-state index in [0.29, 0.717) is 15.8 Å². The van der Waals surface area contributed by atoms with Crippen LogP contribution >= 0.6 is 27.7 Å². The molecule has 1 aliphatic rings. The third-order valence-electron chi connectivity index (χ3n) is 3.83. The molecule has 1 N–H and O–H groups in total. The highest BCUT2D eigenvalue weighted by Crippen LogP contribution is 2.40. The van der Waals surface area contributed by atoms with Crippen LogP contribution in [0.15, 0.2) is 15.5 Å². The maximum atomic E-state index is 12.0. The van der Waals surface area contributed by atoms with Crippen molar-refractivity contribution in [3.05, 3.63) is 21.0 Å². The van der Waals surface area contributed by atoms with E-state index >= 15 is 0 Å². The summed E-state index contributed by atoms with van der Waals surface area (Å²) in [6.07, 6.45) is 9.02. The second-order valence-corrected chi connectivity index (χ2v) is 7.01. The molecule has 0 unspecified atom stereocenters. The van der Waals surface area contributed by atoms with Crippen molar-refractivity contribution >= 4 is 33.4 Å². The van der Waals surface area contributed by atoms with Crippen molar-refractivity contribution in [1.82, 2.24) is 9.78 Å². The molecule has 0 spiro atoms. The summed E-state index contributed by atoms with van der Waals surface area (Å²) in [5.74, 6) is 0. The van der Waals surface area contributed by atoms with E-state index in [1.807, 2.05) is 18.7 Å². The molecule has 0 aromatic carbocycles. The molecule has 0 amide bonds. The van der Waals surface area contributed by atoms with Crippen LogP contribution in [0, 0.1) is 0 Å². The number of hydrogen-bond donors (Lipinski definition) is 1. The highest BCUT2D eigenvalue weighted by atomic mass is 79.9. The van der Waals surface area contributed by atoms with E-state index in [4.69, 9.17) is 0 Å². The van der Waals surface area contributed by atoms with Gasteiger partial charge in [-0.05, 0) is 42.0 Å². The molecule has 1 aromatic rings. The van der Waals surface area contributed by atoms with E-state index in [0.717, 1.165) is 12.2 Å². The molecule has 1 saturated carbocycles. The van der Waals surface area contributed by atoms with Crippen molar-refractivity contribution in [2.24, 2.45) is 0 Å². The molecule has 4 nitrogen and oxygen atoms in total. The molecule has 6 heteroatoms. The van der Waals surface area contributed by atoms with Gasteiger partial charge in [-0.25, -0.2) is 4.68 Å². The summed E-state index contributed by atoms with van der Waals surface area (Å²) in [6, 6.07) is 0. The number of rotatable bonds is 5. The van der Waals surface area contributed by atoms with Crippen LogP contribution in [-0.2, 0) is 6.54 Å². The van der Waals surface area contributed by atoms with Gasteiger partial charge in [0.05, 0.1) is 11.9 Å². The maximum Gasteiger partial charge on any atom is 0.283 e. The average molecular weight is 346 g/mol. The predicted molar refractivity (Wildman–Crippen MR) is 85.1 cm³/mol. The minimum absolute atomic E-state index is 0.0721. The smallest absolute Gasteiger partial charge is 0.283 e. The van der Waals surface area contributed by atoms with Crippen molar-refractivity contribution in [3.8, 4) is 0 Å². The zero-order valence-corrected chi connectivity index (χ0v) is 13.8. The van der Waals surface area contributed by atoms with Crippen LogP contribution in [0.3, 0.4) is 0 Å². The minimum Gasteiger partial charge on any atom is -0.381 e. The Balaban J connectivity index is 2.12. The van der Waals surface area contributed by atoms with Crippen molar-refractivity contribution < 1.29 is 0 Å². The molecule has 0 saturated heterocycles. The van der Waals surface area contributed by atoms with Crippen molar-refractivity contribution in [2.75, 3.05) is 18.1 Å². The van der Waals surface area contributed by atoms with Crippen molar-refractivity contribution in [2.45, 2.75) is 43.9 Å². The van der Waals surface area contributed by atoms with E-state index < -0.39 is 0 Å². The lowest BCUT2D eigenvalue weighted by atomic mass is 10.1. The Kier molecular flexibility index (Phi) is 4.95. The van der Waals surface area contributed by atoms with E-state index in [9.17, 15) is 4.79 Å². The lowest BCUT2D eigenvalue weighted by molar-refractivity contribution is 0.609. The first-order chi connectivity index (χ1) is 9.12. The first-order valence-corrected chi connectivity index (χ1v) is 8.68. The van der Waals surface area contributed by atoms with Gasteiger partial charge < -0.3 is 5.32 Å². The Morgan fingerprint density at radius 2 is 2.21 bits per heavy atom. The van der Waals surface area contributed by atoms with Gasteiger partial charge in [-0.1, -0.05) is 12.8 Å². The highest BCUT2D eigenvalue weighted by molar-refractivity contribution is 9.10. The largest absolute Gasteiger partial charge is 0.381 e. The number of aromatic nitrogens is 2. The molecule has 0 aliphatic heterocycles. The number of halogens is 1. The van der Waals surface area contributed by atoms with Gasteiger partial charge in [0, 0.05) is 17.8 Å². The van der Waals surface area contributed by atoms with Crippen LogP contribution in [0.25, 0.3) is 0 Å². The normalized spacial score (nSPS) is 17.6. The molecule has 19 heavy (non-hydrogen) atoms. The third kappa shape index (κ3) is 3.16. The van der Waals surface area contributed by atoms with Crippen LogP contribution in [0.1, 0.15) is 32.6 Å². The first kappa shape index (κ1) is 14.9. The molecule has 2 rings (SSSR count). The molecule has 1 aliphatic carbocycles. The Hall–Kier alpha value is -0.490. The number of nitrogens with one attached hydrogen (secondary N) is 1. The summed E-state index contributed by atoms with van der Waals surface area (Å²) in [5.41, 5.74) is 0.729. The summed E-state index contributed by atoms with van der Waals surface area (Å²) < 4.78 is 2.35. The summed E-state index contributed by atoms with van der Waals surface area (Å²) in [4.78, 5) is 12.0. The van der Waals surface area contributed by atoms with E-state index in [2.05, 4.69) is 32.6 Å². The topological polar surface area (TPSA) is 46.9 Å². The standard InChI is InChI=1S/C13H20BrN3OS/c1-3-17-12(18)11(14)10(8-16-17)15-9-13(19-2)6-4-5-7-13/h8,15H,3-7,9H2,1-2H3. The Morgan fingerprint density at radius 3 is 2.79 bits per heavy atom. The lowest BCUT2D eigenvalue weighted by Gasteiger charge is -2.27. The quantitative estimate of drug-likeness (QED) is 0.890. The zero-order valence-electron chi connectivity index (χ0n) is 11.4. The van der Waals surface area contributed by atoms with E-state index in [-0.39, 0.29) is 5.56 Å². The van der Waals surface area contributed by atoms with Gasteiger partial charge in [-0.3, -0.25) is 4.79 Å². The second kappa shape index (κ2) is 6.31. The van der Waals surface area contributed by atoms with Gasteiger partial charge in [-0.15, -0.1) is 0 Å². The van der Waals surface area contributed by atoms with Crippen LogP contribution in [-0.4, -0.2) is 27.3 Å². The van der Waals surface area contributed by atoms with Gasteiger partial charge in [-0.2, -0.15) is 16.9 Å². The molecule has 0 bridgehead atoms. The monoisotopic (exact) mass is 345 g/mol. The van der Waals surface area contributed by atoms with Gasteiger partial charge in [0.1, 0.15) is 4.47 Å². The number of aryl methyl sites for hydroxylation is 1. The number of thioether (sulfide) groups is 1. The fourth-order valence-electron chi connectivity index (χ4n) is 2.54. The Morgan fingerprint density at radius 1 is 1.53 bits per heavy atom. The van der Waals surface area contributed by atoms with Gasteiger partial charge in [0.15, 0.2) is 0 Å². The van der Waals surface area contributed by atoms with Crippen LogP contribution in [0.4, 0.5) is 5.69 Å². The maximum absolute atomic E-state index is 12.0. The SMILES string of the molecule is CCn1ncc(NCC2(SC)CCCC2)c(Br)c1=O. The Bertz CT molecular complexity index is 497. The molecule has 1 aromatic heterocycles. The zero-order chi connectivity index (χ0) is 13.9. The lowest BCUT2D eigenvalue weighted by Crippen LogP contribution is -2.31. The van der Waals surface area contributed by atoms with Crippen LogP contribution < -0.4 is 10.9 Å². The first-order valence-electron chi connectivity index (χ1n) is 6.66. The Labute approximate surface area is 126 Å². The fraction of sp³-hybridized carbons (Fsp3) is 0.692. The molecule has 1 heterocycles. The van der Waals surface area contributed by atoms with Gasteiger partial charge in [0.25, 0.3) is 5.56 Å². The van der Waals surface area contributed by atoms with Gasteiger partial charge in [0.2, 0.25) is 0 Å². The molecule has 1 fully saturated rings.